The summed E-state index contributed by atoms with van der Waals surface area (Å²) in [6.45, 7) is 1.70. The predicted molar refractivity (Wildman–Crippen MR) is 93.8 cm³/mol. The van der Waals surface area contributed by atoms with E-state index in [1.54, 1.807) is 6.92 Å². The lowest BCUT2D eigenvalue weighted by Crippen LogP contribution is -2.38. The number of methoxy groups -OCH3 is 1. The molecule has 0 radical (unpaired) electrons. The van der Waals surface area contributed by atoms with Gasteiger partial charge in [0.05, 0.1) is 16.3 Å². The molecule has 0 amide bonds. The van der Waals surface area contributed by atoms with Crippen molar-refractivity contribution in [3.05, 3.63) is 65.2 Å². The molecule has 0 spiro atoms. The molecule has 1 heterocycles. The van der Waals surface area contributed by atoms with E-state index in [9.17, 15) is 10.1 Å². The van der Waals surface area contributed by atoms with Gasteiger partial charge in [0.25, 0.3) is 0 Å². The second kappa shape index (κ2) is 6.52. The highest BCUT2D eigenvalue weighted by Gasteiger charge is 2.41. The molecule has 2 aromatic carbocycles. The monoisotopic (exact) mass is 336 g/mol. The van der Waals surface area contributed by atoms with Crippen LogP contribution in [0.1, 0.15) is 23.4 Å². The Labute approximate surface area is 144 Å². The summed E-state index contributed by atoms with van der Waals surface area (Å²) >= 11 is 1.37. The minimum absolute atomic E-state index is 0.308. The number of thiazole rings is 1. The first-order valence-corrected chi connectivity index (χ1v) is 8.32. The Hall–Kier alpha value is -2.55. The first kappa shape index (κ1) is 16.3. The Kier molecular flexibility index (Phi) is 4.43. The van der Waals surface area contributed by atoms with Crippen LogP contribution in [-0.4, -0.2) is 17.9 Å². The van der Waals surface area contributed by atoms with Crippen LogP contribution in [0.25, 0.3) is 10.2 Å². The number of rotatable bonds is 5. The van der Waals surface area contributed by atoms with Gasteiger partial charge < -0.3 is 4.74 Å². The topological polar surface area (TPSA) is 63.0 Å². The molecule has 0 fully saturated rings. The molecule has 1 aromatic heterocycles. The molecule has 24 heavy (non-hydrogen) atoms. The maximum Gasteiger partial charge on any atom is 0.192 e. The number of Topliss-reactive ketones (excluding diaryl/α,β-unsaturated/α-hetero) is 1. The summed E-state index contributed by atoms with van der Waals surface area (Å²) in [6, 6.07) is 18.9. The second-order valence-corrected chi connectivity index (χ2v) is 6.61. The van der Waals surface area contributed by atoms with Crippen LogP contribution in [-0.2, 0) is 15.1 Å². The summed E-state index contributed by atoms with van der Waals surface area (Å²) in [5.41, 5.74) is 0.322. The number of benzene rings is 2. The van der Waals surface area contributed by atoms with E-state index in [1.165, 1.54) is 18.4 Å². The van der Waals surface area contributed by atoms with E-state index in [0.29, 0.717) is 5.01 Å². The molecule has 0 saturated heterocycles. The van der Waals surface area contributed by atoms with Crippen molar-refractivity contribution in [2.45, 2.75) is 18.4 Å². The summed E-state index contributed by atoms with van der Waals surface area (Å²) < 4.78 is 6.50. The van der Waals surface area contributed by atoms with Crippen LogP contribution in [0.5, 0.6) is 0 Å². The minimum Gasteiger partial charge on any atom is -0.366 e. The quantitative estimate of drug-likeness (QED) is 0.705. The molecule has 3 rings (SSSR count). The molecule has 0 aliphatic heterocycles. The number of carbonyl (C=O) groups is 1. The number of hydrogen-bond donors (Lipinski definition) is 0. The molecule has 0 N–H and O–H groups in total. The van der Waals surface area contributed by atoms with Crippen molar-refractivity contribution in [2.75, 3.05) is 7.11 Å². The van der Waals surface area contributed by atoms with Gasteiger partial charge in [0.1, 0.15) is 10.6 Å². The Morgan fingerprint density at radius 1 is 1.21 bits per heavy atom. The lowest BCUT2D eigenvalue weighted by atomic mass is 9.85. The summed E-state index contributed by atoms with van der Waals surface area (Å²) in [5, 5.41) is 10.1. The molecule has 120 valence electrons. The summed E-state index contributed by atoms with van der Waals surface area (Å²) in [6.07, 6.45) is 0. The van der Waals surface area contributed by atoms with Gasteiger partial charge in [0.2, 0.25) is 0 Å². The second-order valence-electron chi connectivity index (χ2n) is 5.55. The fourth-order valence-electron chi connectivity index (χ4n) is 2.63. The molecular weight excluding hydrogens is 320 g/mol. The van der Waals surface area contributed by atoms with Crippen LogP contribution in [0.3, 0.4) is 0 Å². The van der Waals surface area contributed by atoms with Gasteiger partial charge in [0, 0.05) is 7.11 Å². The van der Waals surface area contributed by atoms with E-state index >= 15 is 0 Å². The summed E-state index contributed by atoms with van der Waals surface area (Å²) in [5.74, 6) is -1.27. The number of nitriles is 1. The van der Waals surface area contributed by atoms with Crippen molar-refractivity contribution >= 4 is 27.3 Å². The van der Waals surface area contributed by atoms with Crippen molar-refractivity contribution in [2.24, 2.45) is 0 Å². The molecule has 5 heteroatoms. The van der Waals surface area contributed by atoms with E-state index in [4.69, 9.17) is 4.74 Å². The zero-order valence-electron chi connectivity index (χ0n) is 13.4. The average Bonchev–Trinajstić information content (AvgIpc) is 3.06. The smallest absolute Gasteiger partial charge is 0.192 e. The van der Waals surface area contributed by atoms with Crippen LogP contribution < -0.4 is 0 Å². The van der Waals surface area contributed by atoms with E-state index in [2.05, 4.69) is 11.1 Å². The van der Waals surface area contributed by atoms with Crippen LogP contribution in [0, 0.1) is 11.3 Å². The fourth-order valence-corrected chi connectivity index (χ4v) is 3.64. The SMILES string of the molecule is CO[C@](C)(C(=O)[C@H](C#N)c1nc2ccccc2s1)c1ccccc1. The van der Waals surface area contributed by atoms with Gasteiger partial charge in [-0.05, 0) is 24.6 Å². The number of nitrogens with zero attached hydrogens (tertiary/aromatic N) is 2. The van der Waals surface area contributed by atoms with Crippen LogP contribution in [0.15, 0.2) is 54.6 Å². The van der Waals surface area contributed by atoms with Gasteiger partial charge in [-0.15, -0.1) is 11.3 Å². The molecule has 0 saturated carbocycles. The summed E-state index contributed by atoms with van der Waals surface area (Å²) in [4.78, 5) is 17.6. The van der Waals surface area contributed by atoms with Gasteiger partial charge in [-0.25, -0.2) is 4.98 Å². The molecule has 3 aromatic rings. The first-order chi connectivity index (χ1) is 11.6. The highest BCUT2D eigenvalue weighted by atomic mass is 32.1. The fraction of sp³-hybridized carbons (Fsp3) is 0.211. The van der Waals surface area contributed by atoms with E-state index in [0.717, 1.165) is 15.8 Å². The Balaban J connectivity index is 2.03. The third kappa shape index (κ3) is 2.71. The lowest BCUT2D eigenvalue weighted by Gasteiger charge is -2.28. The van der Waals surface area contributed by atoms with Crippen molar-refractivity contribution < 1.29 is 9.53 Å². The number of hydrogen-bond acceptors (Lipinski definition) is 5. The maximum absolute atomic E-state index is 13.1. The molecule has 4 nitrogen and oxygen atoms in total. The first-order valence-electron chi connectivity index (χ1n) is 7.50. The van der Waals surface area contributed by atoms with E-state index < -0.39 is 11.5 Å². The predicted octanol–water partition coefficient (Wildman–Crippen LogP) is 4.03. The zero-order chi connectivity index (χ0) is 17.2. The van der Waals surface area contributed by atoms with E-state index in [-0.39, 0.29) is 5.78 Å². The molecule has 0 aliphatic rings. The largest absolute Gasteiger partial charge is 0.366 e. The molecule has 0 unspecified atom stereocenters. The average molecular weight is 336 g/mol. The van der Waals surface area contributed by atoms with Crippen LogP contribution in [0.4, 0.5) is 0 Å². The van der Waals surface area contributed by atoms with Crippen molar-refractivity contribution in [3.63, 3.8) is 0 Å². The van der Waals surface area contributed by atoms with Crippen LogP contribution in [0.2, 0.25) is 0 Å². The molecule has 0 aliphatic carbocycles. The van der Waals surface area contributed by atoms with Gasteiger partial charge in [0.15, 0.2) is 11.7 Å². The number of para-hydroxylation sites is 1. The lowest BCUT2D eigenvalue weighted by molar-refractivity contribution is -0.140. The highest BCUT2D eigenvalue weighted by molar-refractivity contribution is 7.18. The minimum atomic E-state index is -1.19. The Morgan fingerprint density at radius 3 is 2.50 bits per heavy atom. The standard InChI is InChI=1S/C19H16N2O2S/c1-19(23-2,13-8-4-3-5-9-13)17(22)14(12-20)18-21-15-10-6-7-11-16(15)24-18/h3-11,14H,1-2H3/t14-,19-/m0/s1. The van der Waals surface area contributed by atoms with Crippen molar-refractivity contribution in [1.82, 2.24) is 4.98 Å². The van der Waals surface area contributed by atoms with Gasteiger partial charge >= 0.3 is 0 Å². The Bertz CT molecular complexity index is 881. The van der Waals surface area contributed by atoms with E-state index in [1.807, 2.05) is 54.6 Å². The Morgan fingerprint density at radius 2 is 1.88 bits per heavy atom. The van der Waals surface area contributed by atoms with Gasteiger partial charge in [-0.1, -0.05) is 42.5 Å². The highest BCUT2D eigenvalue weighted by Crippen LogP contribution is 2.35. The third-order valence-electron chi connectivity index (χ3n) is 4.15. The number of ether oxygens (including phenoxy) is 1. The van der Waals surface area contributed by atoms with Gasteiger partial charge in [-0.3, -0.25) is 4.79 Å². The molecular formula is C19H16N2O2S. The van der Waals surface area contributed by atoms with Crippen molar-refractivity contribution in [1.29, 1.82) is 5.26 Å². The van der Waals surface area contributed by atoms with Crippen LogP contribution >= 0.6 is 11.3 Å². The number of ketones is 1. The number of fused-ring (bicyclic) bond motifs is 1. The third-order valence-corrected chi connectivity index (χ3v) is 5.25. The number of aromatic nitrogens is 1. The zero-order valence-corrected chi connectivity index (χ0v) is 14.2. The van der Waals surface area contributed by atoms with Gasteiger partial charge in [-0.2, -0.15) is 5.26 Å². The molecule has 0 bridgehead atoms. The van der Waals surface area contributed by atoms with Crippen molar-refractivity contribution in [3.8, 4) is 6.07 Å². The summed E-state index contributed by atoms with van der Waals surface area (Å²) in [7, 11) is 1.48. The molecule has 2 atom stereocenters. The number of carbonyl (C=O) groups excluding carboxylic acids is 1. The normalized spacial score (nSPS) is 14.7. The maximum atomic E-state index is 13.1.